The molecule has 3 N–H and O–H groups in total. The van der Waals surface area contributed by atoms with Crippen LogP contribution in [0.5, 0.6) is 0 Å². The van der Waals surface area contributed by atoms with Crippen molar-refractivity contribution >= 4 is 45.4 Å². The molecule has 3 aliphatic rings. The monoisotopic (exact) mass is 537 g/mol. The van der Waals surface area contributed by atoms with Crippen LogP contribution in [0.25, 0.3) is 0 Å². The number of fused-ring (bicyclic) bond motifs is 1. The Labute approximate surface area is 207 Å². The van der Waals surface area contributed by atoms with Gasteiger partial charge < -0.3 is 20.6 Å². The summed E-state index contributed by atoms with van der Waals surface area (Å²) in [7, 11) is 0. The minimum absolute atomic E-state index is 0.0301. The second-order valence-corrected chi connectivity index (χ2v) is 12.2. The number of alkyl halides is 1. The van der Waals surface area contributed by atoms with E-state index in [1.165, 1.54) is 0 Å². The van der Waals surface area contributed by atoms with E-state index in [-0.39, 0.29) is 40.4 Å². The highest BCUT2D eigenvalue weighted by Gasteiger charge is 2.76. The number of benzene rings is 1. The first-order valence-electron chi connectivity index (χ1n) is 11.6. The summed E-state index contributed by atoms with van der Waals surface area (Å²) in [4.78, 5) is 42.4. The molecular formula is C24H32BrN3O4S. The standard InChI is InChI=1S/C24H32BrN3O4S/c1-4-15(12-29)28-20(22(31)27-13(2)3)24-10-16(25)19(33-24)17(18(24)23(28)32)21(30)26-11-14-8-6-5-7-9-14/h5-9,13,15-20,29H,4,10-12H2,1-3H3,(H,26,30)(H,27,31)/t15-,16?,17+,18-,19+,20?,24?/m0/s1. The zero-order valence-corrected chi connectivity index (χ0v) is 21.6. The number of amides is 3. The van der Waals surface area contributed by atoms with Crippen molar-refractivity contribution in [1.82, 2.24) is 15.5 Å². The van der Waals surface area contributed by atoms with E-state index < -0.39 is 28.7 Å². The van der Waals surface area contributed by atoms with Gasteiger partial charge >= 0.3 is 0 Å². The van der Waals surface area contributed by atoms with Crippen molar-refractivity contribution < 1.29 is 19.5 Å². The Hall–Kier alpha value is -1.58. The zero-order valence-electron chi connectivity index (χ0n) is 19.2. The minimum Gasteiger partial charge on any atom is -0.394 e. The molecule has 3 saturated heterocycles. The van der Waals surface area contributed by atoms with Gasteiger partial charge in [0, 0.05) is 22.7 Å². The Morgan fingerprint density at radius 2 is 1.97 bits per heavy atom. The number of carbonyl (C=O) groups excluding carboxylic acids is 3. The summed E-state index contributed by atoms with van der Waals surface area (Å²) < 4.78 is -0.688. The van der Waals surface area contributed by atoms with Crippen molar-refractivity contribution in [3.8, 4) is 0 Å². The van der Waals surface area contributed by atoms with Gasteiger partial charge in [-0.3, -0.25) is 14.4 Å². The molecule has 7 nitrogen and oxygen atoms in total. The van der Waals surface area contributed by atoms with E-state index in [4.69, 9.17) is 0 Å². The van der Waals surface area contributed by atoms with E-state index in [1.54, 1.807) is 16.7 Å². The fourth-order valence-corrected chi connectivity index (χ4v) is 9.34. The van der Waals surface area contributed by atoms with Crippen molar-refractivity contribution in [3.63, 3.8) is 0 Å². The lowest BCUT2D eigenvalue weighted by molar-refractivity contribution is -0.142. The van der Waals surface area contributed by atoms with Gasteiger partial charge in [0.05, 0.1) is 29.2 Å². The lowest BCUT2D eigenvalue weighted by Gasteiger charge is -2.37. The molecule has 4 rings (SSSR count). The highest BCUT2D eigenvalue weighted by Crippen LogP contribution is 2.68. The summed E-state index contributed by atoms with van der Waals surface area (Å²) in [5, 5.41) is 16.0. The zero-order chi connectivity index (χ0) is 23.9. The fourth-order valence-electron chi connectivity index (χ4n) is 5.74. The van der Waals surface area contributed by atoms with Crippen LogP contribution in [0.3, 0.4) is 0 Å². The van der Waals surface area contributed by atoms with Gasteiger partial charge in [-0.25, -0.2) is 0 Å². The molecule has 3 amide bonds. The van der Waals surface area contributed by atoms with Crippen LogP contribution in [-0.4, -0.2) is 67.3 Å². The van der Waals surface area contributed by atoms with Crippen molar-refractivity contribution in [2.75, 3.05) is 6.61 Å². The average Bonchev–Trinajstić information content (AvgIpc) is 3.37. The SMILES string of the molecule is CC[C@@H](CO)N1C(=O)[C@@H]2[C@@H](C(=O)NCc3ccccc3)[C@@H]3SC2(CC3Br)C1C(=O)NC(C)C. The van der Waals surface area contributed by atoms with E-state index in [0.29, 0.717) is 19.4 Å². The molecule has 1 aromatic rings. The van der Waals surface area contributed by atoms with Gasteiger partial charge in [0.2, 0.25) is 17.7 Å². The van der Waals surface area contributed by atoms with Gasteiger partial charge in [-0.05, 0) is 32.3 Å². The average molecular weight is 539 g/mol. The summed E-state index contributed by atoms with van der Waals surface area (Å²) in [5.74, 6) is -1.65. The molecule has 33 heavy (non-hydrogen) atoms. The number of halogens is 1. The highest BCUT2D eigenvalue weighted by atomic mass is 79.9. The molecule has 0 radical (unpaired) electrons. The maximum atomic E-state index is 13.9. The lowest BCUT2D eigenvalue weighted by Crippen LogP contribution is -2.57. The topological polar surface area (TPSA) is 98.7 Å². The van der Waals surface area contributed by atoms with E-state index in [9.17, 15) is 19.5 Å². The maximum Gasteiger partial charge on any atom is 0.244 e. The Bertz CT molecular complexity index is 912. The first-order valence-corrected chi connectivity index (χ1v) is 13.4. The number of carbonyl (C=O) groups is 3. The summed E-state index contributed by atoms with van der Waals surface area (Å²) in [6.45, 7) is 5.86. The quantitative estimate of drug-likeness (QED) is 0.441. The molecule has 2 bridgehead atoms. The largest absolute Gasteiger partial charge is 0.394 e. The van der Waals surface area contributed by atoms with Crippen LogP contribution < -0.4 is 10.6 Å². The van der Waals surface area contributed by atoms with Gasteiger partial charge in [0.1, 0.15) is 6.04 Å². The Morgan fingerprint density at radius 1 is 1.27 bits per heavy atom. The Balaban J connectivity index is 1.67. The van der Waals surface area contributed by atoms with Crippen molar-refractivity contribution in [2.45, 2.75) is 73.1 Å². The molecule has 180 valence electrons. The third kappa shape index (κ3) is 4.10. The number of thioether (sulfide) groups is 1. The van der Waals surface area contributed by atoms with Crippen molar-refractivity contribution in [3.05, 3.63) is 35.9 Å². The van der Waals surface area contributed by atoms with E-state index >= 15 is 0 Å². The lowest BCUT2D eigenvalue weighted by atomic mass is 9.70. The summed E-state index contributed by atoms with van der Waals surface area (Å²) >= 11 is 5.37. The van der Waals surface area contributed by atoms with Crippen LogP contribution in [0, 0.1) is 11.8 Å². The van der Waals surface area contributed by atoms with Crippen LogP contribution in [0.15, 0.2) is 30.3 Å². The van der Waals surface area contributed by atoms with Gasteiger partial charge in [-0.15, -0.1) is 11.8 Å². The number of likely N-dealkylation sites (tertiary alicyclic amines) is 1. The van der Waals surface area contributed by atoms with Crippen molar-refractivity contribution in [2.24, 2.45) is 11.8 Å². The Morgan fingerprint density at radius 3 is 2.58 bits per heavy atom. The predicted molar refractivity (Wildman–Crippen MR) is 132 cm³/mol. The van der Waals surface area contributed by atoms with Gasteiger partial charge in [0.15, 0.2) is 0 Å². The minimum atomic E-state index is -0.712. The molecule has 3 aliphatic heterocycles. The van der Waals surface area contributed by atoms with Gasteiger partial charge in [0.25, 0.3) is 0 Å². The third-order valence-corrected chi connectivity index (χ3v) is 10.3. The van der Waals surface area contributed by atoms with Crippen LogP contribution in [0.4, 0.5) is 0 Å². The number of hydrogen-bond donors (Lipinski definition) is 3. The first-order chi connectivity index (χ1) is 15.7. The molecule has 3 unspecified atom stereocenters. The van der Waals surface area contributed by atoms with Crippen LogP contribution in [-0.2, 0) is 20.9 Å². The molecule has 0 saturated carbocycles. The normalized spacial score (nSPS) is 33.3. The molecule has 0 aliphatic carbocycles. The number of hydrogen-bond acceptors (Lipinski definition) is 5. The fraction of sp³-hybridized carbons (Fsp3) is 0.625. The molecule has 1 spiro atoms. The van der Waals surface area contributed by atoms with E-state index in [2.05, 4.69) is 26.6 Å². The number of nitrogens with one attached hydrogen (secondary N) is 2. The molecule has 9 heteroatoms. The highest BCUT2D eigenvalue weighted by molar-refractivity contribution is 9.09. The number of aliphatic hydroxyl groups excluding tert-OH is 1. The van der Waals surface area contributed by atoms with Crippen molar-refractivity contribution in [1.29, 1.82) is 0 Å². The number of nitrogens with zero attached hydrogens (tertiary/aromatic N) is 1. The number of aliphatic hydroxyl groups is 1. The van der Waals surface area contributed by atoms with E-state index in [0.717, 1.165) is 5.56 Å². The van der Waals surface area contributed by atoms with E-state index in [1.807, 2.05) is 51.1 Å². The van der Waals surface area contributed by atoms with Crippen LogP contribution in [0.2, 0.25) is 0 Å². The molecule has 3 fully saturated rings. The number of rotatable bonds is 8. The molecule has 0 aromatic heterocycles. The Kier molecular flexibility index (Phi) is 7.13. The second-order valence-electron chi connectivity index (χ2n) is 9.52. The maximum absolute atomic E-state index is 13.9. The molecular weight excluding hydrogens is 506 g/mol. The van der Waals surface area contributed by atoms with Gasteiger partial charge in [-0.1, -0.05) is 53.2 Å². The smallest absolute Gasteiger partial charge is 0.244 e. The molecule has 1 aromatic carbocycles. The summed E-state index contributed by atoms with van der Waals surface area (Å²) in [6.07, 6.45) is 1.17. The van der Waals surface area contributed by atoms with Gasteiger partial charge in [-0.2, -0.15) is 0 Å². The second kappa shape index (κ2) is 9.58. The molecule has 3 heterocycles. The molecule has 7 atom stereocenters. The third-order valence-electron chi connectivity index (χ3n) is 7.09. The van der Waals surface area contributed by atoms with Crippen LogP contribution in [0.1, 0.15) is 39.2 Å². The first kappa shape index (κ1) is 24.5. The van der Waals surface area contributed by atoms with Crippen LogP contribution >= 0.6 is 27.7 Å². The summed E-state index contributed by atoms with van der Waals surface area (Å²) in [5.41, 5.74) is 0.992. The predicted octanol–water partition coefficient (Wildman–Crippen LogP) is 2.06. The summed E-state index contributed by atoms with van der Waals surface area (Å²) in [6, 6.07) is 8.43.